The number of rotatable bonds is 2. The summed E-state index contributed by atoms with van der Waals surface area (Å²) in [6, 6.07) is 6.48. The molecule has 0 unspecified atom stereocenters. The molecule has 1 aromatic carbocycles. The molecule has 0 amide bonds. The summed E-state index contributed by atoms with van der Waals surface area (Å²) in [5, 5.41) is 9.48. The van der Waals surface area contributed by atoms with E-state index in [9.17, 15) is 5.11 Å². The summed E-state index contributed by atoms with van der Waals surface area (Å²) in [5.41, 5.74) is 4.22. The Kier molecular flexibility index (Phi) is 3.62. The van der Waals surface area contributed by atoms with Crippen molar-refractivity contribution >= 4 is 0 Å². The van der Waals surface area contributed by atoms with Crippen molar-refractivity contribution in [1.29, 1.82) is 0 Å². The fourth-order valence-corrected chi connectivity index (χ4v) is 2.40. The smallest absolute Gasteiger partial charge is 0.0564 e. The van der Waals surface area contributed by atoms with Crippen LogP contribution in [0.4, 0.5) is 0 Å². The lowest BCUT2D eigenvalue weighted by Gasteiger charge is -2.30. The van der Waals surface area contributed by atoms with Gasteiger partial charge in [-0.1, -0.05) is 18.2 Å². The van der Waals surface area contributed by atoms with E-state index in [-0.39, 0.29) is 6.10 Å². The number of aliphatic hydroxyl groups excluding tert-OH is 1. The molecule has 2 nitrogen and oxygen atoms in total. The van der Waals surface area contributed by atoms with Crippen LogP contribution in [-0.4, -0.2) is 29.2 Å². The second-order valence-electron chi connectivity index (χ2n) is 4.88. The van der Waals surface area contributed by atoms with Crippen molar-refractivity contribution in [2.24, 2.45) is 0 Å². The van der Waals surface area contributed by atoms with Gasteiger partial charge in [0.2, 0.25) is 0 Å². The van der Waals surface area contributed by atoms with Crippen molar-refractivity contribution in [2.75, 3.05) is 13.1 Å². The predicted octanol–water partition coefficient (Wildman–Crippen LogP) is 2.26. The number of nitrogens with zero attached hydrogens (tertiary/aromatic N) is 1. The fourth-order valence-electron chi connectivity index (χ4n) is 2.40. The van der Waals surface area contributed by atoms with Gasteiger partial charge in [-0.15, -0.1) is 0 Å². The Bertz CT molecular complexity index is 334. The highest BCUT2D eigenvalue weighted by atomic mass is 16.3. The molecule has 0 aliphatic carbocycles. The van der Waals surface area contributed by atoms with Crippen LogP contribution in [0.5, 0.6) is 0 Å². The van der Waals surface area contributed by atoms with Crippen LogP contribution in [0, 0.1) is 13.8 Å². The minimum Gasteiger partial charge on any atom is -0.393 e. The van der Waals surface area contributed by atoms with Gasteiger partial charge in [0.1, 0.15) is 0 Å². The van der Waals surface area contributed by atoms with Crippen LogP contribution in [0.3, 0.4) is 0 Å². The summed E-state index contributed by atoms with van der Waals surface area (Å²) in [6.45, 7) is 7.44. The molecular formula is C14H21NO. The Labute approximate surface area is 97.9 Å². The van der Waals surface area contributed by atoms with Crippen LogP contribution in [-0.2, 0) is 6.54 Å². The molecule has 1 aliphatic rings. The number of piperidine rings is 1. The van der Waals surface area contributed by atoms with E-state index in [1.807, 2.05) is 0 Å². The Balaban J connectivity index is 2.04. The molecule has 88 valence electrons. The Morgan fingerprint density at radius 1 is 1.19 bits per heavy atom. The molecule has 0 aromatic heterocycles. The lowest BCUT2D eigenvalue weighted by Crippen LogP contribution is -2.35. The van der Waals surface area contributed by atoms with E-state index >= 15 is 0 Å². The molecule has 2 heteroatoms. The zero-order valence-corrected chi connectivity index (χ0v) is 10.2. The fraction of sp³-hybridized carbons (Fsp3) is 0.571. The maximum atomic E-state index is 9.48. The normalized spacial score (nSPS) is 18.9. The molecule has 1 saturated heterocycles. The third kappa shape index (κ3) is 2.63. The zero-order chi connectivity index (χ0) is 11.5. The van der Waals surface area contributed by atoms with Crippen molar-refractivity contribution in [2.45, 2.75) is 39.3 Å². The van der Waals surface area contributed by atoms with Gasteiger partial charge in [0.05, 0.1) is 6.10 Å². The van der Waals surface area contributed by atoms with Crippen molar-refractivity contribution in [3.8, 4) is 0 Å². The third-order valence-corrected chi connectivity index (χ3v) is 3.58. The average Bonchev–Trinajstić information content (AvgIpc) is 2.26. The molecule has 0 spiro atoms. The van der Waals surface area contributed by atoms with Gasteiger partial charge in [-0.05, 0) is 43.4 Å². The topological polar surface area (TPSA) is 23.5 Å². The summed E-state index contributed by atoms with van der Waals surface area (Å²) in [5.74, 6) is 0. The number of aliphatic hydroxyl groups is 1. The van der Waals surface area contributed by atoms with E-state index in [1.165, 1.54) is 16.7 Å². The van der Waals surface area contributed by atoms with Crippen LogP contribution in [0.2, 0.25) is 0 Å². The third-order valence-electron chi connectivity index (χ3n) is 3.58. The molecule has 1 heterocycles. The average molecular weight is 219 g/mol. The van der Waals surface area contributed by atoms with Crippen molar-refractivity contribution < 1.29 is 5.11 Å². The lowest BCUT2D eigenvalue weighted by molar-refractivity contribution is 0.0791. The molecule has 0 bridgehead atoms. The maximum Gasteiger partial charge on any atom is 0.0564 e. The number of aryl methyl sites for hydroxylation is 2. The van der Waals surface area contributed by atoms with Gasteiger partial charge in [-0.3, -0.25) is 4.90 Å². The minimum atomic E-state index is -0.0748. The molecule has 1 fully saturated rings. The van der Waals surface area contributed by atoms with Crippen LogP contribution >= 0.6 is 0 Å². The Hall–Kier alpha value is -0.860. The van der Waals surface area contributed by atoms with E-state index in [4.69, 9.17) is 0 Å². The van der Waals surface area contributed by atoms with Crippen molar-refractivity contribution in [3.63, 3.8) is 0 Å². The summed E-state index contributed by atoms with van der Waals surface area (Å²) >= 11 is 0. The Morgan fingerprint density at radius 3 is 2.31 bits per heavy atom. The van der Waals surface area contributed by atoms with Crippen molar-refractivity contribution in [3.05, 3.63) is 34.9 Å². The van der Waals surface area contributed by atoms with Gasteiger partial charge in [0.25, 0.3) is 0 Å². The largest absolute Gasteiger partial charge is 0.393 e. The summed E-state index contributed by atoms with van der Waals surface area (Å²) in [4.78, 5) is 2.45. The molecule has 0 atom stereocenters. The minimum absolute atomic E-state index is 0.0748. The van der Waals surface area contributed by atoms with Gasteiger partial charge < -0.3 is 5.11 Å². The van der Waals surface area contributed by atoms with Crippen LogP contribution in [0.25, 0.3) is 0 Å². The van der Waals surface area contributed by atoms with Gasteiger partial charge in [-0.2, -0.15) is 0 Å². The van der Waals surface area contributed by atoms with E-state index in [2.05, 4.69) is 36.9 Å². The second kappa shape index (κ2) is 4.98. The zero-order valence-electron chi connectivity index (χ0n) is 10.2. The predicted molar refractivity (Wildman–Crippen MR) is 66.4 cm³/mol. The summed E-state index contributed by atoms with van der Waals surface area (Å²) in [7, 11) is 0. The summed E-state index contributed by atoms with van der Waals surface area (Å²) in [6.07, 6.45) is 1.77. The van der Waals surface area contributed by atoms with Gasteiger partial charge >= 0.3 is 0 Å². The lowest BCUT2D eigenvalue weighted by atomic mass is 10.0. The van der Waals surface area contributed by atoms with E-state index < -0.39 is 0 Å². The molecule has 0 saturated carbocycles. The molecule has 0 radical (unpaired) electrons. The first-order valence-corrected chi connectivity index (χ1v) is 6.12. The molecular weight excluding hydrogens is 198 g/mol. The number of benzene rings is 1. The Morgan fingerprint density at radius 2 is 1.75 bits per heavy atom. The van der Waals surface area contributed by atoms with Gasteiger partial charge in [0.15, 0.2) is 0 Å². The van der Waals surface area contributed by atoms with Crippen molar-refractivity contribution in [1.82, 2.24) is 4.90 Å². The molecule has 1 N–H and O–H groups in total. The standard InChI is InChI=1S/C14H21NO/c1-11-4-3-5-12(2)14(11)10-15-8-6-13(16)7-9-15/h3-5,13,16H,6-10H2,1-2H3. The van der Waals surface area contributed by atoms with E-state index in [0.29, 0.717) is 0 Å². The quantitative estimate of drug-likeness (QED) is 0.824. The van der Waals surface area contributed by atoms with Crippen LogP contribution < -0.4 is 0 Å². The molecule has 1 aliphatic heterocycles. The number of hydrogen-bond acceptors (Lipinski definition) is 2. The SMILES string of the molecule is Cc1cccc(C)c1CN1CCC(O)CC1. The maximum absolute atomic E-state index is 9.48. The van der Waals surface area contributed by atoms with Crippen LogP contribution in [0.15, 0.2) is 18.2 Å². The first-order chi connectivity index (χ1) is 7.66. The first kappa shape index (κ1) is 11.6. The van der Waals surface area contributed by atoms with Gasteiger partial charge in [0, 0.05) is 19.6 Å². The number of likely N-dealkylation sites (tertiary alicyclic amines) is 1. The highest BCUT2D eigenvalue weighted by molar-refractivity contribution is 5.33. The highest BCUT2D eigenvalue weighted by Crippen LogP contribution is 2.18. The molecule has 2 rings (SSSR count). The second-order valence-corrected chi connectivity index (χ2v) is 4.88. The molecule has 1 aromatic rings. The number of hydrogen-bond donors (Lipinski definition) is 1. The monoisotopic (exact) mass is 219 g/mol. The highest BCUT2D eigenvalue weighted by Gasteiger charge is 2.17. The molecule has 16 heavy (non-hydrogen) atoms. The van der Waals surface area contributed by atoms with E-state index in [1.54, 1.807) is 0 Å². The van der Waals surface area contributed by atoms with Crippen LogP contribution in [0.1, 0.15) is 29.5 Å². The van der Waals surface area contributed by atoms with E-state index in [0.717, 1.165) is 32.5 Å². The van der Waals surface area contributed by atoms with Gasteiger partial charge in [-0.25, -0.2) is 0 Å². The first-order valence-electron chi connectivity index (χ1n) is 6.12. The summed E-state index contributed by atoms with van der Waals surface area (Å²) < 4.78 is 0.